The van der Waals surface area contributed by atoms with Gasteiger partial charge in [-0.05, 0) is 6.07 Å². The summed E-state index contributed by atoms with van der Waals surface area (Å²) in [5, 5.41) is 3.78. The van der Waals surface area contributed by atoms with Crippen molar-refractivity contribution in [3.63, 3.8) is 0 Å². The number of aromatic nitrogens is 1. The van der Waals surface area contributed by atoms with Crippen LogP contribution in [0.3, 0.4) is 0 Å². The van der Waals surface area contributed by atoms with Crippen molar-refractivity contribution in [2.75, 3.05) is 0 Å². The fraction of sp³-hybridized carbons (Fsp3) is 0.111. The maximum Gasteiger partial charge on any atom is 0.0268 e. The number of pyridine rings is 1. The second-order valence-electron chi connectivity index (χ2n) is 2.89. The molecule has 5 heteroatoms. The van der Waals surface area contributed by atoms with Gasteiger partial charge in [-0.25, -0.2) is 5.41 Å². The first-order valence-corrected chi connectivity index (χ1v) is 3.54. The van der Waals surface area contributed by atoms with Crippen LogP contribution in [0.2, 0.25) is 0 Å². The summed E-state index contributed by atoms with van der Waals surface area (Å²) >= 11 is 0. The number of hydrogen-bond acceptors (Lipinski definition) is 2. The molecule has 0 atom stereocenters. The van der Waals surface area contributed by atoms with Gasteiger partial charge in [-0.3, -0.25) is 4.98 Å². The molecule has 1 radical (unpaired) electrons. The molecule has 0 fully saturated rings. The van der Waals surface area contributed by atoms with Crippen molar-refractivity contribution in [3.8, 4) is 0 Å². The standard InChI is InChI=1S/C9H8N2O.U.Y/c1-9(2)6-3-4-10-5-7(6)11-8(9)12;;/h3-5H,1-2H2,(H,11,12);;/q-2;;/p-1. The van der Waals surface area contributed by atoms with E-state index in [2.05, 4.69) is 24.1 Å². The molecular weight excluding hydrogens is 479 g/mol. The number of hydrogen-bond donors (Lipinski definition) is 0. The molecule has 69 valence electrons. The zero-order valence-corrected chi connectivity index (χ0v) is 14.5. The molecule has 0 spiro atoms. The van der Waals surface area contributed by atoms with E-state index >= 15 is 0 Å². The summed E-state index contributed by atoms with van der Waals surface area (Å²) < 4.78 is 0. The van der Waals surface area contributed by atoms with Gasteiger partial charge in [0.15, 0.2) is 0 Å². The first-order valence-electron chi connectivity index (χ1n) is 3.54. The van der Waals surface area contributed by atoms with Gasteiger partial charge in [0, 0.05) is 82.1 Å². The molecular formula is C9H7N2OUY-3. The maximum atomic E-state index is 11.2. The van der Waals surface area contributed by atoms with Crippen LogP contribution in [0.25, 0.3) is 5.32 Å². The molecule has 0 saturated heterocycles. The van der Waals surface area contributed by atoms with Crippen LogP contribution < -0.4 is 0 Å². The number of carbonyl (C=O) groups excluding carboxylic acids is 1. The normalized spacial score (nSPS) is 16.0. The van der Waals surface area contributed by atoms with E-state index in [-0.39, 0.29) is 69.7 Å². The van der Waals surface area contributed by atoms with Crippen LogP contribution in [0.15, 0.2) is 18.5 Å². The van der Waals surface area contributed by atoms with Crippen molar-refractivity contribution in [2.24, 2.45) is 0 Å². The van der Waals surface area contributed by atoms with Crippen LogP contribution in [0, 0.1) is 45.0 Å². The predicted molar refractivity (Wildman–Crippen MR) is 44.7 cm³/mol. The Bertz CT molecular complexity index is 354. The van der Waals surface area contributed by atoms with Crippen molar-refractivity contribution in [1.29, 1.82) is 0 Å². The van der Waals surface area contributed by atoms with Gasteiger partial charge in [0.25, 0.3) is 0 Å². The number of amides is 1. The first kappa shape index (κ1) is 14.8. The topological polar surface area (TPSA) is 44.1 Å². The molecule has 14 heavy (non-hydrogen) atoms. The van der Waals surface area contributed by atoms with Gasteiger partial charge in [0.05, 0.1) is 0 Å². The zero-order valence-electron chi connectivity index (χ0n) is 7.53. The van der Waals surface area contributed by atoms with E-state index in [9.17, 15) is 4.79 Å². The third-order valence-electron chi connectivity index (χ3n) is 1.95. The van der Waals surface area contributed by atoms with E-state index in [1.54, 1.807) is 18.5 Å². The molecule has 0 saturated carbocycles. The zero-order chi connectivity index (χ0) is 8.77. The second-order valence-corrected chi connectivity index (χ2v) is 2.89. The monoisotopic (exact) mass is 486 g/mol. The summed E-state index contributed by atoms with van der Waals surface area (Å²) in [7, 11) is 0. The third kappa shape index (κ3) is 2.30. The molecule has 3 nitrogen and oxygen atoms in total. The molecule has 2 heterocycles. The molecule has 1 aliphatic heterocycles. The Balaban J connectivity index is 0.000000845. The van der Waals surface area contributed by atoms with Gasteiger partial charge in [-0.2, -0.15) is 0 Å². The maximum absolute atomic E-state index is 11.2. The Labute approximate surface area is 132 Å². The Hall–Kier alpha value is 0.776. The Morgan fingerprint density at radius 2 is 2.07 bits per heavy atom. The van der Waals surface area contributed by atoms with E-state index in [0.29, 0.717) is 5.69 Å². The van der Waals surface area contributed by atoms with Crippen LogP contribution in [-0.2, 0) is 42.9 Å². The van der Waals surface area contributed by atoms with E-state index < -0.39 is 5.41 Å². The second kappa shape index (κ2) is 5.21. The minimum atomic E-state index is -0.960. The van der Waals surface area contributed by atoms with E-state index in [0.717, 1.165) is 5.56 Å². The molecule has 1 aromatic rings. The van der Waals surface area contributed by atoms with Gasteiger partial charge >= 0.3 is 0 Å². The quantitative estimate of drug-likeness (QED) is 0.523. The van der Waals surface area contributed by atoms with Crippen molar-refractivity contribution >= 4 is 11.6 Å². The Kier molecular flexibility index (Phi) is 5.50. The molecule has 2 rings (SSSR count). The van der Waals surface area contributed by atoms with Crippen molar-refractivity contribution in [3.05, 3.63) is 43.2 Å². The fourth-order valence-electron chi connectivity index (χ4n) is 1.21. The van der Waals surface area contributed by atoms with E-state index in [1.165, 1.54) is 0 Å². The Morgan fingerprint density at radius 1 is 1.43 bits per heavy atom. The summed E-state index contributed by atoms with van der Waals surface area (Å²) in [5.41, 5.74) is 0.383. The predicted octanol–water partition coefficient (Wildman–Crippen LogP) is 1.53. The van der Waals surface area contributed by atoms with Crippen LogP contribution in [0.1, 0.15) is 5.56 Å². The van der Waals surface area contributed by atoms with Crippen molar-refractivity contribution < 1.29 is 68.6 Å². The molecule has 0 aliphatic carbocycles. The number of carbonyl (C=O) groups is 1. The minimum Gasteiger partial charge on any atom is -0.629 e. The summed E-state index contributed by atoms with van der Waals surface area (Å²) in [6, 6.07) is 1.73. The molecule has 0 aromatic carbocycles. The average Bonchev–Trinajstić information content (AvgIpc) is 2.25. The average molecular weight is 486 g/mol. The van der Waals surface area contributed by atoms with Gasteiger partial charge in [0.1, 0.15) is 0 Å². The Morgan fingerprint density at radius 3 is 2.64 bits per heavy atom. The summed E-state index contributed by atoms with van der Waals surface area (Å²) in [4.78, 5) is 15.1. The van der Waals surface area contributed by atoms with Crippen molar-refractivity contribution in [1.82, 2.24) is 4.98 Å². The molecule has 0 bridgehead atoms. The summed E-state index contributed by atoms with van der Waals surface area (Å²) in [5.74, 6) is -0.300. The van der Waals surface area contributed by atoms with Crippen LogP contribution in [0.4, 0.5) is 5.69 Å². The van der Waals surface area contributed by atoms with Crippen molar-refractivity contribution in [2.45, 2.75) is 5.41 Å². The smallest absolute Gasteiger partial charge is 0.0268 e. The van der Waals surface area contributed by atoms with Gasteiger partial charge in [-0.1, -0.05) is 0 Å². The number of nitrogens with zero attached hydrogens (tertiary/aromatic N) is 2. The largest absolute Gasteiger partial charge is 0.629 e. The summed E-state index contributed by atoms with van der Waals surface area (Å²) in [6.07, 6.45) is 3.16. The molecule has 0 unspecified atom stereocenters. The summed E-state index contributed by atoms with van der Waals surface area (Å²) in [6.45, 7) is 7.42. The van der Waals surface area contributed by atoms with Gasteiger partial charge < -0.3 is 24.0 Å². The molecule has 0 N–H and O–H groups in total. The molecule has 1 aliphatic rings. The SMILES string of the molecule is [CH2-]C1([CH2-])C(=O)[N-]c2cnccc21.[U].[Y]. The van der Waals surface area contributed by atoms with Gasteiger partial charge in [0.2, 0.25) is 0 Å². The minimum absolute atomic E-state index is 0. The van der Waals surface area contributed by atoms with Gasteiger partial charge in [-0.15, -0.1) is 11.3 Å². The molecule has 1 aromatic heterocycles. The van der Waals surface area contributed by atoms with Crippen LogP contribution >= 0.6 is 0 Å². The van der Waals surface area contributed by atoms with E-state index in [1.807, 2.05) is 0 Å². The van der Waals surface area contributed by atoms with Crippen LogP contribution in [-0.4, -0.2) is 10.9 Å². The van der Waals surface area contributed by atoms with E-state index in [4.69, 9.17) is 0 Å². The number of fused-ring (bicyclic) bond motifs is 1. The first-order chi connectivity index (χ1) is 5.62. The number of rotatable bonds is 0. The van der Waals surface area contributed by atoms with Crippen LogP contribution in [0.5, 0.6) is 0 Å². The fourth-order valence-corrected chi connectivity index (χ4v) is 1.21. The third-order valence-corrected chi connectivity index (χ3v) is 1.95. The molecule has 1 amide bonds.